The quantitative estimate of drug-likeness (QED) is 0.671. The van der Waals surface area contributed by atoms with E-state index in [4.69, 9.17) is 10.5 Å². The first-order valence-corrected chi connectivity index (χ1v) is 7.04. The van der Waals surface area contributed by atoms with Crippen LogP contribution in [-0.2, 0) is 4.74 Å². The smallest absolute Gasteiger partial charge is 0.340 e. The van der Waals surface area contributed by atoms with E-state index in [9.17, 15) is 4.79 Å². The summed E-state index contributed by atoms with van der Waals surface area (Å²) in [6, 6.07) is 6.01. The fourth-order valence-electron chi connectivity index (χ4n) is 2.80. The Morgan fingerprint density at radius 1 is 1.45 bits per heavy atom. The summed E-state index contributed by atoms with van der Waals surface area (Å²) in [7, 11) is 1.37. The van der Waals surface area contributed by atoms with Crippen molar-refractivity contribution in [2.75, 3.05) is 43.9 Å². The summed E-state index contributed by atoms with van der Waals surface area (Å²) in [6.07, 6.45) is 0. The molecule has 1 aliphatic heterocycles. The van der Waals surface area contributed by atoms with Crippen LogP contribution in [0.5, 0.6) is 0 Å². The number of anilines is 2. The summed E-state index contributed by atoms with van der Waals surface area (Å²) in [4.78, 5) is 16.4. The van der Waals surface area contributed by atoms with Gasteiger partial charge in [-0.1, -0.05) is 13.0 Å². The third kappa shape index (κ3) is 2.72. The monoisotopic (exact) mass is 277 g/mol. The molecule has 1 aromatic carbocycles. The molecular formula is C15H23N3O2. The summed E-state index contributed by atoms with van der Waals surface area (Å²) in [5, 5.41) is 0. The highest BCUT2D eigenvalue weighted by Gasteiger charge is 2.25. The predicted octanol–water partition coefficient (Wildman–Crippen LogP) is 1.59. The number of piperazine rings is 1. The molecule has 1 unspecified atom stereocenters. The summed E-state index contributed by atoms with van der Waals surface area (Å²) in [5.41, 5.74) is 8.02. The van der Waals surface area contributed by atoms with Gasteiger partial charge in [-0.15, -0.1) is 0 Å². The van der Waals surface area contributed by atoms with Gasteiger partial charge in [-0.2, -0.15) is 0 Å². The van der Waals surface area contributed by atoms with Crippen LogP contribution in [0, 0.1) is 0 Å². The van der Waals surface area contributed by atoms with Gasteiger partial charge < -0.3 is 15.4 Å². The average Bonchev–Trinajstić information content (AvgIpc) is 2.46. The van der Waals surface area contributed by atoms with Crippen molar-refractivity contribution in [2.45, 2.75) is 19.9 Å². The molecule has 2 rings (SSSR count). The Labute approximate surface area is 120 Å². The maximum atomic E-state index is 11.7. The van der Waals surface area contributed by atoms with E-state index in [0.717, 1.165) is 31.9 Å². The van der Waals surface area contributed by atoms with Gasteiger partial charge in [-0.3, -0.25) is 4.90 Å². The highest BCUT2D eigenvalue weighted by atomic mass is 16.5. The molecule has 1 atom stereocenters. The van der Waals surface area contributed by atoms with Crippen LogP contribution in [0.2, 0.25) is 0 Å². The van der Waals surface area contributed by atoms with Crippen LogP contribution in [0.25, 0.3) is 0 Å². The minimum Gasteiger partial charge on any atom is -0.465 e. The number of nitrogens with two attached hydrogens (primary N) is 1. The van der Waals surface area contributed by atoms with E-state index in [0.29, 0.717) is 17.3 Å². The molecule has 0 spiro atoms. The number of nitrogens with zero attached hydrogens (tertiary/aromatic N) is 2. The molecule has 2 N–H and O–H groups in total. The highest BCUT2D eigenvalue weighted by Crippen LogP contribution is 2.29. The van der Waals surface area contributed by atoms with Crippen molar-refractivity contribution < 1.29 is 9.53 Å². The number of carbonyl (C=O) groups excluding carboxylic acids is 1. The van der Waals surface area contributed by atoms with Crippen molar-refractivity contribution in [2.24, 2.45) is 0 Å². The van der Waals surface area contributed by atoms with Gasteiger partial charge in [0.1, 0.15) is 0 Å². The molecule has 1 fully saturated rings. The van der Waals surface area contributed by atoms with Gasteiger partial charge in [-0.25, -0.2) is 4.79 Å². The first-order valence-electron chi connectivity index (χ1n) is 7.04. The highest BCUT2D eigenvalue weighted by molar-refractivity contribution is 5.98. The number of para-hydroxylation sites is 1. The lowest BCUT2D eigenvalue weighted by Gasteiger charge is -2.41. The third-order valence-electron chi connectivity index (χ3n) is 4.00. The molecule has 0 amide bonds. The third-order valence-corrected chi connectivity index (χ3v) is 4.00. The van der Waals surface area contributed by atoms with Crippen LogP contribution >= 0.6 is 0 Å². The summed E-state index contributed by atoms with van der Waals surface area (Å²) in [6.45, 7) is 8.32. The van der Waals surface area contributed by atoms with Crippen LogP contribution in [0.1, 0.15) is 24.2 Å². The molecule has 0 radical (unpaired) electrons. The predicted molar refractivity (Wildman–Crippen MR) is 81.1 cm³/mol. The molecule has 0 aliphatic carbocycles. The van der Waals surface area contributed by atoms with Crippen molar-refractivity contribution in [3.63, 3.8) is 0 Å². The van der Waals surface area contributed by atoms with Crippen molar-refractivity contribution >= 4 is 17.3 Å². The number of rotatable bonds is 3. The summed E-state index contributed by atoms with van der Waals surface area (Å²) in [5.74, 6) is -0.385. The SMILES string of the molecule is CCN1CCN(c2cccc(C(=O)OC)c2N)CC1C. The number of ether oxygens (including phenoxy) is 1. The Morgan fingerprint density at radius 2 is 2.20 bits per heavy atom. The summed E-state index contributed by atoms with van der Waals surface area (Å²) >= 11 is 0. The van der Waals surface area contributed by atoms with E-state index in [2.05, 4.69) is 23.6 Å². The minimum atomic E-state index is -0.385. The second kappa shape index (κ2) is 6.13. The standard InChI is InChI=1S/C15H23N3O2/c1-4-17-8-9-18(10-11(17)2)13-7-5-6-12(14(13)16)15(19)20-3/h5-7,11H,4,8-10,16H2,1-3H3. The number of likely N-dealkylation sites (N-methyl/N-ethyl adjacent to an activating group) is 1. The maximum absolute atomic E-state index is 11.7. The van der Waals surface area contributed by atoms with E-state index < -0.39 is 0 Å². The Bertz CT molecular complexity index is 490. The Hall–Kier alpha value is -1.75. The average molecular weight is 277 g/mol. The van der Waals surface area contributed by atoms with Gasteiger partial charge in [0.15, 0.2) is 0 Å². The molecule has 0 aromatic heterocycles. The van der Waals surface area contributed by atoms with E-state index in [1.807, 2.05) is 12.1 Å². The molecule has 5 nitrogen and oxygen atoms in total. The number of hydrogen-bond donors (Lipinski definition) is 1. The van der Waals surface area contributed by atoms with Gasteiger partial charge in [0.05, 0.1) is 24.0 Å². The zero-order chi connectivity index (χ0) is 14.7. The molecular weight excluding hydrogens is 254 g/mol. The lowest BCUT2D eigenvalue weighted by molar-refractivity contribution is 0.0602. The largest absolute Gasteiger partial charge is 0.465 e. The topological polar surface area (TPSA) is 58.8 Å². The lowest BCUT2D eigenvalue weighted by Crippen LogP contribution is -2.51. The van der Waals surface area contributed by atoms with E-state index in [1.54, 1.807) is 6.07 Å². The van der Waals surface area contributed by atoms with Gasteiger partial charge in [0.25, 0.3) is 0 Å². The van der Waals surface area contributed by atoms with Gasteiger partial charge in [0.2, 0.25) is 0 Å². The zero-order valence-corrected chi connectivity index (χ0v) is 12.4. The number of nitrogen functional groups attached to an aromatic ring is 1. The van der Waals surface area contributed by atoms with Crippen LogP contribution in [0.3, 0.4) is 0 Å². The van der Waals surface area contributed by atoms with E-state index >= 15 is 0 Å². The molecule has 1 heterocycles. The minimum absolute atomic E-state index is 0.385. The molecule has 1 saturated heterocycles. The molecule has 1 aliphatic rings. The van der Waals surface area contributed by atoms with Crippen LogP contribution in [0.15, 0.2) is 18.2 Å². The molecule has 20 heavy (non-hydrogen) atoms. The normalized spacial score (nSPS) is 19.9. The fourth-order valence-corrected chi connectivity index (χ4v) is 2.80. The zero-order valence-electron chi connectivity index (χ0n) is 12.4. The molecule has 0 saturated carbocycles. The van der Waals surface area contributed by atoms with Gasteiger partial charge in [-0.05, 0) is 25.6 Å². The Kier molecular flexibility index (Phi) is 4.49. The number of carbonyl (C=O) groups is 1. The number of esters is 1. The van der Waals surface area contributed by atoms with E-state index in [1.165, 1.54) is 7.11 Å². The first kappa shape index (κ1) is 14.7. The number of hydrogen-bond acceptors (Lipinski definition) is 5. The van der Waals surface area contributed by atoms with E-state index in [-0.39, 0.29) is 5.97 Å². The van der Waals surface area contributed by atoms with Crippen molar-refractivity contribution in [1.82, 2.24) is 4.90 Å². The summed E-state index contributed by atoms with van der Waals surface area (Å²) < 4.78 is 4.77. The lowest BCUT2D eigenvalue weighted by atomic mass is 10.1. The van der Waals surface area contributed by atoms with Crippen molar-refractivity contribution in [3.8, 4) is 0 Å². The van der Waals surface area contributed by atoms with Crippen molar-refractivity contribution in [1.29, 1.82) is 0 Å². The Morgan fingerprint density at radius 3 is 2.80 bits per heavy atom. The Balaban J connectivity index is 2.24. The van der Waals surface area contributed by atoms with Gasteiger partial charge in [0, 0.05) is 25.7 Å². The van der Waals surface area contributed by atoms with Crippen LogP contribution in [-0.4, -0.2) is 50.2 Å². The second-order valence-electron chi connectivity index (χ2n) is 5.15. The number of methoxy groups -OCH3 is 1. The second-order valence-corrected chi connectivity index (χ2v) is 5.15. The van der Waals surface area contributed by atoms with Crippen LogP contribution in [0.4, 0.5) is 11.4 Å². The molecule has 1 aromatic rings. The van der Waals surface area contributed by atoms with Crippen molar-refractivity contribution in [3.05, 3.63) is 23.8 Å². The first-order chi connectivity index (χ1) is 9.58. The van der Waals surface area contributed by atoms with Crippen LogP contribution < -0.4 is 10.6 Å². The van der Waals surface area contributed by atoms with Gasteiger partial charge >= 0.3 is 5.97 Å². The fraction of sp³-hybridized carbons (Fsp3) is 0.533. The number of benzene rings is 1. The molecule has 110 valence electrons. The maximum Gasteiger partial charge on any atom is 0.340 e. The molecule has 5 heteroatoms. The molecule has 0 bridgehead atoms.